The summed E-state index contributed by atoms with van der Waals surface area (Å²) in [4.78, 5) is 13.0. The highest BCUT2D eigenvalue weighted by molar-refractivity contribution is 9.10. The Morgan fingerprint density at radius 1 is 1.25 bits per heavy atom. The molecule has 0 fully saturated rings. The second kappa shape index (κ2) is 8.42. The van der Waals surface area contributed by atoms with Crippen LogP contribution in [0.25, 0.3) is 0 Å². The SMILES string of the molecule is CC(C)N(CCCC(=O)O)C(C)Cc1ccc(Br)cc1. The minimum absolute atomic E-state index is 0.244. The molecular formula is C16H24BrNO2. The lowest BCUT2D eigenvalue weighted by Gasteiger charge is -2.32. The molecular weight excluding hydrogens is 318 g/mol. The van der Waals surface area contributed by atoms with Gasteiger partial charge >= 0.3 is 5.97 Å². The van der Waals surface area contributed by atoms with E-state index in [2.05, 4.69) is 65.9 Å². The molecule has 0 aromatic heterocycles. The molecule has 1 aromatic rings. The molecule has 0 bridgehead atoms. The van der Waals surface area contributed by atoms with E-state index in [1.54, 1.807) is 0 Å². The number of nitrogens with zero attached hydrogens (tertiary/aromatic N) is 1. The summed E-state index contributed by atoms with van der Waals surface area (Å²) in [6.45, 7) is 7.38. The van der Waals surface area contributed by atoms with E-state index >= 15 is 0 Å². The lowest BCUT2D eigenvalue weighted by atomic mass is 10.0. The number of carbonyl (C=O) groups is 1. The monoisotopic (exact) mass is 341 g/mol. The van der Waals surface area contributed by atoms with Crippen LogP contribution in [0.15, 0.2) is 28.7 Å². The summed E-state index contributed by atoms with van der Waals surface area (Å²) in [7, 11) is 0. The summed E-state index contributed by atoms with van der Waals surface area (Å²) in [5.74, 6) is -0.714. The maximum absolute atomic E-state index is 10.6. The number of hydrogen-bond acceptors (Lipinski definition) is 2. The van der Waals surface area contributed by atoms with Crippen LogP contribution in [0.3, 0.4) is 0 Å². The van der Waals surface area contributed by atoms with Crippen molar-refractivity contribution in [3.8, 4) is 0 Å². The maximum Gasteiger partial charge on any atom is 0.303 e. The molecule has 0 saturated heterocycles. The molecule has 3 nitrogen and oxygen atoms in total. The average molecular weight is 342 g/mol. The highest BCUT2D eigenvalue weighted by atomic mass is 79.9. The van der Waals surface area contributed by atoms with Gasteiger partial charge in [-0.1, -0.05) is 28.1 Å². The van der Waals surface area contributed by atoms with E-state index < -0.39 is 5.97 Å². The van der Waals surface area contributed by atoms with Crippen molar-refractivity contribution in [1.29, 1.82) is 0 Å². The van der Waals surface area contributed by atoms with Crippen LogP contribution in [0.5, 0.6) is 0 Å². The highest BCUT2D eigenvalue weighted by Gasteiger charge is 2.17. The standard InChI is InChI=1S/C16H24BrNO2/c1-12(2)18(10-4-5-16(19)20)13(3)11-14-6-8-15(17)9-7-14/h6-9,12-13H,4-5,10-11H2,1-3H3,(H,19,20). The van der Waals surface area contributed by atoms with Gasteiger partial charge in [-0.2, -0.15) is 0 Å². The van der Waals surface area contributed by atoms with Crippen LogP contribution < -0.4 is 0 Å². The van der Waals surface area contributed by atoms with Crippen LogP contribution in [0.4, 0.5) is 0 Å². The molecule has 1 atom stereocenters. The minimum Gasteiger partial charge on any atom is -0.481 e. The predicted molar refractivity (Wildman–Crippen MR) is 86.0 cm³/mol. The van der Waals surface area contributed by atoms with E-state index in [1.807, 2.05) is 0 Å². The molecule has 0 radical (unpaired) electrons. The Kier molecular flexibility index (Phi) is 7.24. The summed E-state index contributed by atoms with van der Waals surface area (Å²) in [5.41, 5.74) is 1.31. The first-order valence-electron chi connectivity index (χ1n) is 7.12. The van der Waals surface area contributed by atoms with Crippen molar-refractivity contribution in [1.82, 2.24) is 4.90 Å². The lowest BCUT2D eigenvalue weighted by Crippen LogP contribution is -2.40. The Balaban J connectivity index is 2.57. The van der Waals surface area contributed by atoms with Gasteiger partial charge in [0.25, 0.3) is 0 Å². The third kappa shape index (κ3) is 6.06. The summed E-state index contributed by atoms with van der Waals surface area (Å²) in [6.07, 6.45) is 1.94. The second-order valence-corrected chi connectivity index (χ2v) is 6.42. The largest absolute Gasteiger partial charge is 0.481 e. The number of carboxylic acid groups (broad SMARTS) is 1. The van der Waals surface area contributed by atoms with Crippen molar-refractivity contribution in [2.75, 3.05) is 6.54 Å². The molecule has 0 aliphatic carbocycles. The molecule has 20 heavy (non-hydrogen) atoms. The number of hydrogen-bond donors (Lipinski definition) is 1. The molecule has 0 amide bonds. The van der Waals surface area contributed by atoms with Gasteiger partial charge in [0.1, 0.15) is 0 Å². The number of halogens is 1. The number of rotatable bonds is 8. The van der Waals surface area contributed by atoms with Gasteiger partial charge in [0.2, 0.25) is 0 Å². The highest BCUT2D eigenvalue weighted by Crippen LogP contribution is 2.16. The van der Waals surface area contributed by atoms with Crippen molar-refractivity contribution < 1.29 is 9.90 Å². The van der Waals surface area contributed by atoms with Crippen molar-refractivity contribution in [3.05, 3.63) is 34.3 Å². The number of carboxylic acids is 1. The average Bonchev–Trinajstić information content (AvgIpc) is 2.36. The Labute approximate surface area is 130 Å². The van der Waals surface area contributed by atoms with Crippen LogP contribution in [0, 0.1) is 0 Å². The molecule has 1 N–H and O–H groups in total. The van der Waals surface area contributed by atoms with Crippen molar-refractivity contribution in [3.63, 3.8) is 0 Å². The van der Waals surface area contributed by atoms with Gasteiger partial charge in [-0.05, 0) is 57.9 Å². The van der Waals surface area contributed by atoms with Gasteiger partial charge in [0, 0.05) is 23.0 Å². The summed E-state index contributed by atoms with van der Waals surface area (Å²) >= 11 is 3.45. The topological polar surface area (TPSA) is 40.5 Å². The Morgan fingerprint density at radius 3 is 2.35 bits per heavy atom. The Hall–Kier alpha value is -0.870. The fraction of sp³-hybridized carbons (Fsp3) is 0.562. The molecule has 112 valence electrons. The number of aliphatic carboxylic acids is 1. The first kappa shape index (κ1) is 17.2. The molecule has 0 heterocycles. The third-order valence-corrected chi connectivity index (χ3v) is 4.01. The van der Waals surface area contributed by atoms with E-state index in [1.165, 1.54) is 5.56 Å². The van der Waals surface area contributed by atoms with Gasteiger partial charge in [-0.3, -0.25) is 9.69 Å². The molecule has 0 aliphatic rings. The molecule has 0 aliphatic heterocycles. The van der Waals surface area contributed by atoms with Gasteiger partial charge in [-0.25, -0.2) is 0 Å². The zero-order chi connectivity index (χ0) is 15.1. The first-order valence-corrected chi connectivity index (χ1v) is 7.91. The quantitative estimate of drug-likeness (QED) is 0.778. The summed E-state index contributed by atoms with van der Waals surface area (Å²) in [6, 6.07) is 9.23. The third-order valence-electron chi connectivity index (χ3n) is 3.48. The summed E-state index contributed by atoms with van der Waals surface area (Å²) in [5, 5.41) is 8.74. The molecule has 0 spiro atoms. The zero-order valence-electron chi connectivity index (χ0n) is 12.5. The van der Waals surface area contributed by atoms with Crippen LogP contribution in [0.1, 0.15) is 39.2 Å². The van der Waals surface area contributed by atoms with E-state index in [-0.39, 0.29) is 6.42 Å². The van der Waals surface area contributed by atoms with Gasteiger partial charge in [0.15, 0.2) is 0 Å². The van der Waals surface area contributed by atoms with Crippen molar-refractivity contribution >= 4 is 21.9 Å². The van der Waals surface area contributed by atoms with Crippen molar-refractivity contribution in [2.45, 2.75) is 52.1 Å². The Morgan fingerprint density at radius 2 is 1.85 bits per heavy atom. The van der Waals surface area contributed by atoms with E-state index in [0.29, 0.717) is 18.5 Å². The molecule has 4 heteroatoms. The van der Waals surface area contributed by atoms with E-state index in [0.717, 1.165) is 17.4 Å². The smallest absolute Gasteiger partial charge is 0.303 e. The maximum atomic E-state index is 10.6. The van der Waals surface area contributed by atoms with E-state index in [4.69, 9.17) is 5.11 Å². The molecule has 0 saturated carbocycles. The first-order chi connectivity index (χ1) is 9.40. The van der Waals surface area contributed by atoms with Crippen LogP contribution in [-0.4, -0.2) is 34.6 Å². The molecule has 1 unspecified atom stereocenters. The van der Waals surface area contributed by atoms with E-state index in [9.17, 15) is 4.79 Å². The fourth-order valence-electron chi connectivity index (χ4n) is 2.48. The van der Waals surface area contributed by atoms with Crippen LogP contribution in [0.2, 0.25) is 0 Å². The lowest BCUT2D eigenvalue weighted by molar-refractivity contribution is -0.137. The minimum atomic E-state index is -0.714. The van der Waals surface area contributed by atoms with Gasteiger partial charge in [-0.15, -0.1) is 0 Å². The molecule has 1 rings (SSSR count). The number of benzene rings is 1. The zero-order valence-corrected chi connectivity index (χ0v) is 14.1. The second-order valence-electron chi connectivity index (χ2n) is 5.51. The van der Waals surface area contributed by atoms with Gasteiger partial charge in [0.05, 0.1) is 0 Å². The van der Waals surface area contributed by atoms with Crippen LogP contribution >= 0.6 is 15.9 Å². The fourth-order valence-corrected chi connectivity index (χ4v) is 2.74. The predicted octanol–water partition coefficient (Wildman–Crippen LogP) is 3.96. The summed E-state index contributed by atoms with van der Waals surface area (Å²) < 4.78 is 1.09. The van der Waals surface area contributed by atoms with Gasteiger partial charge < -0.3 is 5.11 Å². The Bertz CT molecular complexity index is 417. The normalized spacial score (nSPS) is 12.9. The molecule has 1 aromatic carbocycles. The van der Waals surface area contributed by atoms with Crippen LogP contribution in [-0.2, 0) is 11.2 Å². The van der Waals surface area contributed by atoms with Crippen molar-refractivity contribution in [2.24, 2.45) is 0 Å².